The number of aryl methyl sites for hydroxylation is 1. The first kappa shape index (κ1) is 12.9. The zero-order chi connectivity index (χ0) is 13.0. The van der Waals surface area contributed by atoms with Gasteiger partial charge in [0.25, 0.3) is 0 Å². The summed E-state index contributed by atoms with van der Waals surface area (Å²) in [6.07, 6.45) is 3.40. The summed E-state index contributed by atoms with van der Waals surface area (Å²) >= 11 is 5.92. The van der Waals surface area contributed by atoms with Crippen LogP contribution in [0.2, 0.25) is 5.02 Å². The Hall–Kier alpha value is -1.52. The third-order valence-corrected chi connectivity index (χ3v) is 2.86. The van der Waals surface area contributed by atoms with Crippen molar-refractivity contribution >= 4 is 11.6 Å². The largest absolute Gasteiger partial charge is 0.307 e. The summed E-state index contributed by atoms with van der Waals surface area (Å²) in [5, 5.41) is 3.52. The van der Waals surface area contributed by atoms with Gasteiger partial charge in [-0.25, -0.2) is 4.39 Å². The van der Waals surface area contributed by atoms with Crippen LogP contribution in [0.3, 0.4) is 0 Å². The van der Waals surface area contributed by atoms with Gasteiger partial charge in [-0.05, 0) is 19.1 Å². The highest BCUT2D eigenvalue weighted by molar-refractivity contribution is 6.31. The molecule has 0 aliphatic heterocycles. The molecule has 0 saturated carbocycles. The highest BCUT2D eigenvalue weighted by Crippen LogP contribution is 2.18. The lowest BCUT2D eigenvalue weighted by Crippen LogP contribution is -2.15. The Kier molecular flexibility index (Phi) is 4.23. The third kappa shape index (κ3) is 3.24. The molecule has 0 amide bonds. The monoisotopic (exact) mass is 265 g/mol. The van der Waals surface area contributed by atoms with Gasteiger partial charge < -0.3 is 5.32 Å². The highest BCUT2D eigenvalue weighted by atomic mass is 35.5. The fraction of sp³-hybridized carbons (Fsp3) is 0.231. The smallest absolute Gasteiger partial charge is 0.129 e. The first-order valence-electron chi connectivity index (χ1n) is 5.58. The molecule has 2 aromatic rings. The van der Waals surface area contributed by atoms with Crippen LogP contribution in [0.1, 0.15) is 17.0 Å². The van der Waals surface area contributed by atoms with Gasteiger partial charge >= 0.3 is 0 Å². The molecular formula is C13H13ClFN3. The maximum Gasteiger partial charge on any atom is 0.129 e. The topological polar surface area (TPSA) is 37.8 Å². The van der Waals surface area contributed by atoms with Gasteiger partial charge in [-0.2, -0.15) is 0 Å². The SMILES string of the molecule is Cc1cnc(CNCc2c(F)cccc2Cl)cn1. The molecular weight excluding hydrogens is 253 g/mol. The minimum atomic E-state index is -0.301. The molecule has 0 spiro atoms. The Morgan fingerprint density at radius 2 is 2.06 bits per heavy atom. The fourth-order valence-corrected chi connectivity index (χ4v) is 1.76. The second-order valence-electron chi connectivity index (χ2n) is 3.95. The van der Waals surface area contributed by atoms with Crippen LogP contribution in [0.4, 0.5) is 4.39 Å². The van der Waals surface area contributed by atoms with Crippen molar-refractivity contribution < 1.29 is 4.39 Å². The first-order chi connectivity index (χ1) is 8.66. The van der Waals surface area contributed by atoms with Gasteiger partial charge in [0, 0.05) is 36.1 Å². The molecule has 0 atom stereocenters. The minimum absolute atomic E-state index is 0.301. The summed E-state index contributed by atoms with van der Waals surface area (Å²) < 4.78 is 13.5. The van der Waals surface area contributed by atoms with E-state index in [-0.39, 0.29) is 5.82 Å². The third-order valence-electron chi connectivity index (χ3n) is 2.50. The molecule has 0 unspecified atom stereocenters. The molecule has 0 bridgehead atoms. The number of aromatic nitrogens is 2. The van der Waals surface area contributed by atoms with Crippen LogP contribution in [-0.2, 0) is 13.1 Å². The lowest BCUT2D eigenvalue weighted by atomic mass is 10.2. The molecule has 0 radical (unpaired) electrons. The lowest BCUT2D eigenvalue weighted by Gasteiger charge is -2.07. The number of hydrogen-bond acceptors (Lipinski definition) is 3. The van der Waals surface area contributed by atoms with Crippen LogP contribution in [0, 0.1) is 12.7 Å². The molecule has 2 rings (SSSR count). The fourth-order valence-electron chi connectivity index (χ4n) is 1.53. The first-order valence-corrected chi connectivity index (χ1v) is 5.96. The van der Waals surface area contributed by atoms with Crippen molar-refractivity contribution in [3.8, 4) is 0 Å². The van der Waals surface area contributed by atoms with E-state index in [9.17, 15) is 4.39 Å². The van der Waals surface area contributed by atoms with Gasteiger partial charge in [-0.3, -0.25) is 9.97 Å². The summed E-state index contributed by atoms with van der Waals surface area (Å²) in [7, 11) is 0. The van der Waals surface area contributed by atoms with Gasteiger partial charge in [0.1, 0.15) is 5.82 Å². The number of benzene rings is 1. The van der Waals surface area contributed by atoms with Crippen molar-refractivity contribution in [2.24, 2.45) is 0 Å². The van der Waals surface area contributed by atoms with Crippen molar-refractivity contribution in [3.63, 3.8) is 0 Å². The average Bonchev–Trinajstić information content (AvgIpc) is 2.35. The Morgan fingerprint density at radius 3 is 2.72 bits per heavy atom. The van der Waals surface area contributed by atoms with E-state index < -0.39 is 0 Å². The summed E-state index contributed by atoms with van der Waals surface area (Å²) in [5.41, 5.74) is 2.16. The van der Waals surface area contributed by atoms with Gasteiger partial charge in [-0.15, -0.1) is 0 Å². The van der Waals surface area contributed by atoms with Gasteiger partial charge in [-0.1, -0.05) is 17.7 Å². The van der Waals surface area contributed by atoms with E-state index >= 15 is 0 Å². The van der Waals surface area contributed by atoms with Crippen molar-refractivity contribution in [1.82, 2.24) is 15.3 Å². The zero-order valence-corrected chi connectivity index (χ0v) is 10.7. The average molecular weight is 266 g/mol. The van der Waals surface area contributed by atoms with E-state index in [1.807, 2.05) is 6.92 Å². The van der Waals surface area contributed by atoms with Crippen LogP contribution in [-0.4, -0.2) is 9.97 Å². The van der Waals surface area contributed by atoms with E-state index in [4.69, 9.17) is 11.6 Å². The van der Waals surface area contributed by atoms with Gasteiger partial charge in [0.15, 0.2) is 0 Å². The standard InChI is InChI=1S/C13H13ClFN3/c1-9-5-18-10(7-17-9)6-16-8-11-12(14)3-2-4-13(11)15/h2-5,7,16H,6,8H2,1H3. The van der Waals surface area contributed by atoms with Crippen molar-refractivity contribution in [2.45, 2.75) is 20.0 Å². The summed E-state index contributed by atoms with van der Waals surface area (Å²) in [4.78, 5) is 8.34. The van der Waals surface area contributed by atoms with Gasteiger partial charge in [0.2, 0.25) is 0 Å². The molecule has 0 aliphatic carbocycles. The van der Waals surface area contributed by atoms with Crippen LogP contribution in [0.5, 0.6) is 0 Å². The predicted molar refractivity (Wildman–Crippen MR) is 68.7 cm³/mol. The molecule has 94 valence electrons. The van der Waals surface area contributed by atoms with Crippen LogP contribution in [0.25, 0.3) is 0 Å². The van der Waals surface area contributed by atoms with Crippen molar-refractivity contribution in [3.05, 3.63) is 58.4 Å². The minimum Gasteiger partial charge on any atom is -0.307 e. The van der Waals surface area contributed by atoms with E-state index in [1.54, 1.807) is 24.5 Å². The van der Waals surface area contributed by atoms with E-state index in [0.29, 0.717) is 23.7 Å². The second kappa shape index (κ2) is 5.89. The molecule has 0 saturated heterocycles. The van der Waals surface area contributed by atoms with E-state index in [0.717, 1.165) is 11.4 Å². The number of halogens is 2. The van der Waals surface area contributed by atoms with Gasteiger partial charge in [0.05, 0.1) is 11.4 Å². The number of rotatable bonds is 4. The molecule has 1 N–H and O–H groups in total. The molecule has 0 aliphatic rings. The van der Waals surface area contributed by atoms with Crippen LogP contribution >= 0.6 is 11.6 Å². The Balaban J connectivity index is 1.94. The van der Waals surface area contributed by atoms with Crippen LogP contribution < -0.4 is 5.32 Å². The Labute approximate surface area is 110 Å². The van der Waals surface area contributed by atoms with E-state index in [1.165, 1.54) is 6.07 Å². The highest BCUT2D eigenvalue weighted by Gasteiger charge is 2.06. The number of nitrogens with zero attached hydrogens (tertiary/aromatic N) is 2. The molecule has 5 heteroatoms. The molecule has 0 fully saturated rings. The molecule has 1 aromatic heterocycles. The zero-order valence-electron chi connectivity index (χ0n) is 9.95. The second-order valence-corrected chi connectivity index (χ2v) is 4.36. The number of nitrogens with one attached hydrogen (secondary N) is 1. The Morgan fingerprint density at radius 1 is 1.22 bits per heavy atom. The Bertz CT molecular complexity index is 508. The molecule has 3 nitrogen and oxygen atoms in total. The summed E-state index contributed by atoms with van der Waals surface area (Å²) in [5.74, 6) is -0.301. The maximum atomic E-state index is 13.5. The molecule has 1 heterocycles. The van der Waals surface area contributed by atoms with Crippen LogP contribution in [0.15, 0.2) is 30.6 Å². The normalized spacial score (nSPS) is 10.6. The molecule has 18 heavy (non-hydrogen) atoms. The number of hydrogen-bond donors (Lipinski definition) is 1. The molecule has 1 aromatic carbocycles. The van der Waals surface area contributed by atoms with Crippen molar-refractivity contribution in [1.29, 1.82) is 0 Å². The lowest BCUT2D eigenvalue weighted by molar-refractivity contribution is 0.585. The summed E-state index contributed by atoms with van der Waals surface area (Å²) in [6.45, 7) is 2.77. The quantitative estimate of drug-likeness (QED) is 0.924. The van der Waals surface area contributed by atoms with Crippen molar-refractivity contribution in [2.75, 3.05) is 0 Å². The maximum absolute atomic E-state index is 13.5. The predicted octanol–water partition coefficient (Wildman–Crippen LogP) is 2.87. The summed E-state index contributed by atoms with van der Waals surface area (Å²) in [6, 6.07) is 4.66. The van der Waals surface area contributed by atoms with E-state index in [2.05, 4.69) is 15.3 Å².